The highest BCUT2D eigenvalue weighted by atomic mass is 28.4. The fourth-order valence-corrected chi connectivity index (χ4v) is 5.19. The minimum atomic E-state index is -2.34. The Bertz CT molecular complexity index is 314. The van der Waals surface area contributed by atoms with Gasteiger partial charge in [-0.1, -0.05) is 69.9 Å². The van der Waals surface area contributed by atoms with Crippen molar-refractivity contribution < 1.29 is 13.3 Å². The molecule has 0 spiro atoms. The Hall–Kier alpha value is -0.203. The van der Waals surface area contributed by atoms with Crippen LogP contribution in [0.25, 0.3) is 0 Å². The van der Waals surface area contributed by atoms with Crippen LogP contribution in [0, 0.1) is 0 Å². The summed E-state index contributed by atoms with van der Waals surface area (Å²) in [5.41, 5.74) is 5.50. The highest BCUT2D eigenvalue weighted by Crippen LogP contribution is 2.18. The normalized spacial score (nSPS) is 12.3. The van der Waals surface area contributed by atoms with E-state index in [9.17, 15) is 0 Å². The van der Waals surface area contributed by atoms with Gasteiger partial charge >= 0.3 is 8.80 Å². The maximum Gasteiger partial charge on any atom is 0.500 e. The van der Waals surface area contributed by atoms with Crippen molar-refractivity contribution in [1.82, 2.24) is 0 Å². The highest BCUT2D eigenvalue weighted by Gasteiger charge is 2.36. The number of unbranched alkanes of at least 4 members (excludes halogenated alkanes) is 13. The van der Waals surface area contributed by atoms with E-state index < -0.39 is 8.80 Å². The predicted octanol–water partition coefficient (Wildman–Crippen LogP) is 6.23. The van der Waals surface area contributed by atoms with Crippen LogP contribution in [-0.2, 0) is 13.3 Å². The quantitative estimate of drug-likeness (QED) is 0.141. The second-order valence-corrected chi connectivity index (χ2v) is 10.6. The third kappa shape index (κ3) is 16.5. The van der Waals surface area contributed by atoms with Crippen LogP contribution >= 0.6 is 0 Å². The number of rotatable bonds is 21. The summed E-state index contributed by atoms with van der Waals surface area (Å²) < 4.78 is 16.4. The Balaban J connectivity index is 3.29. The average molecular weight is 402 g/mol. The molecule has 0 radical (unpaired) electrons. The zero-order valence-electron chi connectivity index (χ0n) is 18.5. The standard InChI is InChI=1S/C22H47NO3Si/c1-24-27(25-2,26-3)22-20-18-16-14-12-10-8-6-4-5-7-9-11-13-15-17-19-21-23/h4-5H,6-23H2,1-3H3/b5-4-. The van der Waals surface area contributed by atoms with Gasteiger partial charge in [-0.05, 0) is 45.1 Å². The minimum Gasteiger partial charge on any atom is -0.377 e. The molecule has 0 rings (SSSR count). The van der Waals surface area contributed by atoms with Crippen LogP contribution in [0.5, 0.6) is 0 Å². The highest BCUT2D eigenvalue weighted by molar-refractivity contribution is 6.60. The maximum atomic E-state index is 5.50. The van der Waals surface area contributed by atoms with Crippen molar-refractivity contribution in [3.8, 4) is 0 Å². The molecule has 0 aliphatic rings. The summed E-state index contributed by atoms with van der Waals surface area (Å²) in [7, 11) is 2.74. The van der Waals surface area contributed by atoms with Gasteiger partial charge < -0.3 is 19.0 Å². The molecular weight excluding hydrogens is 354 g/mol. The van der Waals surface area contributed by atoms with Crippen LogP contribution in [0.2, 0.25) is 6.04 Å². The van der Waals surface area contributed by atoms with Crippen LogP contribution in [-0.4, -0.2) is 36.7 Å². The summed E-state index contributed by atoms with van der Waals surface area (Å²) in [6, 6.07) is 0.926. The van der Waals surface area contributed by atoms with Crippen molar-refractivity contribution in [3.63, 3.8) is 0 Å². The number of allylic oxidation sites excluding steroid dienone is 2. The van der Waals surface area contributed by atoms with Crippen molar-refractivity contribution in [3.05, 3.63) is 12.2 Å². The Morgan fingerprint density at radius 1 is 0.556 bits per heavy atom. The molecule has 0 fully saturated rings. The predicted molar refractivity (Wildman–Crippen MR) is 119 cm³/mol. The fraction of sp³-hybridized carbons (Fsp3) is 0.909. The van der Waals surface area contributed by atoms with Crippen molar-refractivity contribution in [1.29, 1.82) is 0 Å². The first-order valence-electron chi connectivity index (χ1n) is 11.2. The van der Waals surface area contributed by atoms with Gasteiger partial charge in [-0.25, -0.2) is 0 Å². The van der Waals surface area contributed by atoms with Crippen LogP contribution in [0.3, 0.4) is 0 Å². The van der Waals surface area contributed by atoms with Gasteiger partial charge in [0.25, 0.3) is 0 Å². The molecule has 0 aliphatic carbocycles. The van der Waals surface area contributed by atoms with Gasteiger partial charge in [0.05, 0.1) is 0 Å². The molecule has 0 aliphatic heterocycles. The molecular formula is C22H47NO3Si. The first-order valence-corrected chi connectivity index (χ1v) is 13.2. The van der Waals surface area contributed by atoms with E-state index in [2.05, 4.69) is 12.2 Å². The first-order chi connectivity index (χ1) is 13.2. The molecule has 0 aromatic rings. The van der Waals surface area contributed by atoms with E-state index >= 15 is 0 Å². The summed E-state index contributed by atoms with van der Waals surface area (Å²) in [6.45, 7) is 0.849. The Morgan fingerprint density at radius 2 is 0.926 bits per heavy atom. The lowest BCUT2D eigenvalue weighted by Gasteiger charge is -2.24. The molecule has 2 N–H and O–H groups in total. The van der Waals surface area contributed by atoms with Crippen LogP contribution in [0.15, 0.2) is 12.2 Å². The van der Waals surface area contributed by atoms with E-state index in [-0.39, 0.29) is 0 Å². The van der Waals surface area contributed by atoms with Gasteiger partial charge in [0.15, 0.2) is 0 Å². The second kappa shape index (κ2) is 20.5. The molecule has 0 unspecified atom stereocenters. The van der Waals surface area contributed by atoms with Crippen molar-refractivity contribution in [2.24, 2.45) is 5.73 Å². The van der Waals surface area contributed by atoms with Gasteiger partial charge in [-0.3, -0.25) is 0 Å². The van der Waals surface area contributed by atoms with E-state index in [0.29, 0.717) is 0 Å². The molecule has 0 saturated carbocycles. The monoisotopic (exact) mass is 401 g/mol. The lowest BCUT2D eigenvalue weighted by molar-refractivity contribution is 0.122. The fourth-order valence-electron chi connectivity index (χ4n) is 3.39. The number of hydrogen-bond donors (Lipinski definition) is 1. The summed E-state index contributed by atoms with van der Waals surface area (Å²) in [5.74, 6) is 0. The van der Waals surface area contributed by atoms with E-state index in [0.717, 1.165) is 19.0 Å². The molecule has 0 amide bonds. The van der Waals surface area contributed by atoms with E-state index in [1.165, 1.54) is 89.9 Å². The number of nitrogens with two attached hydrogens (primary N) is 1. The van der Waals surface area contributed by atoms with E-state index in [1.807, 2.05) is 0 Å². The largest absolute Gasteiger partial charge is 0.500 e. The van der Waals surface area contributed by atoms with Crippen LogP contribution in [0.1, 0.15) is 96.3 Å². The molecule has 5 heteroatoms. The lowest BCUT2D eigenvalue weighted by atomic mass is 10.1. The maximum absolute atomic E-state index is 5.50. The molecule has 0 heterocycles. The smallest absolute Gasteiger partial charge is 0.377 e. The molecule has 0 aromatic heterocycles. The Labute approximate surface area is 170 Å². The van der Waals surface area contributed by atoms with Crippen molar-refractivity contribution in [2.45, 2.75) is 102 Å². The minimum absolute atomic E-state index is 0.849. The zero-order chi connectivity index (χ0) is 20.1. The zero-order valence-corrected chi connectivity index (χ0v) is 19.5. The molecule has 0 atom stereocenters. The Kier molecular flexibility index (Phi) is 20.4. The molecule has 0 saturated heterocycles. The van der Waals surface area contributed by atoms with Gasteiger partial charge in [0.1, 0.15) is 0 Å². The van der Waals surface area contributed by atoms with Gasteiger partial charge in [-0.2, -0.15) is 0 Å². The average Bonchev–Trinajstić information content (AvgIpc) is 2.70. The molecule has 162 valence electrons. The van der Waals surface area contributed by atoms with Gasteiger partial charge in [0, 0.05) is 27.4 Å². The third-order valence-electron chi connectivity index (χ3n) is 5.28. The summed E-state index contributed by atoms with van der Waals surface area (Å²) in [6.07, 6.45) is 24.3. The molecule has 0 bridgehead atoms. The van der Waals surface area contributed by atoms with Gasteiger partial charge in [-0.15, -0.1) is 0 Å². The summed E-state index contributed by atoms with van der Waals surface area (Å²) in [5, 5.41) is 0. The Morgan fingerprint density at radius 3 is 1.33 bits per heavy atom. The number of hydrogen-bond acceptors (Lipinski definition) is 4. The van der Waals surface area contributed by atoms with Crippen molar-refractivity contribution in [2.75, 3.05) is 27.9 Å². The summed E-state index contributed by atoms with van der Waals surface area (Å²) >= 11 is 0. The third-order valence-corrected chi connectivity index (χ3v) is 8.11. The van der Waals surface area contributed by atoms with Crippen molar-refractivity contribution >= 4 is 8.80 Å². The van der Waals surface area contributed by atoms with E-state index in [4.69, 9.17) is 19.0 Å². The second-order valence-electron chi connectivity index (χ2n) is 7.48. The topological polar surface area (TPSA) is 53.7 Å². The summed E-state index contributed by atoms with van der Waals surface area (Å²) in [4.78, 5) is 0. The van der Waals surface area contributed by atoms with Gasteiger partial charge in [0.2, 0.25) is 0 Å². The lowest BCUT2D eigenvalue weighted by Crippen LogP contribution is -2.42. The molecule has 0 aromatic carbocycles. The van der Waals surface area contributed by atoms with Crippen LogP contribution in [0.4, 0.5) is 0 Å². The molecule has 4 nitrogen and oxygen atoms in total. The van der Waals surface area contributed by atoms with Crippen LogP contribution < -0.4 is 5.73 Å². The molecule has 27 heavy (non-hydrogen) atoms. The van der Waals surface area contributed by atoms with E-state index in [1.54, 1.807) is 21.3 Å². The first kappa shape index (κ1) is 26.8. The SMILES string of the molecule is CO[Si](CCCCCCCCC/C=C\CCCCCCCCN)(OC)OC.